The van der Waals surface area contributed by atoms with Crippen LogP contribution in [0.25, 0.3) is 0 Å². The molecular weight excluding hydrogens is 266 g/mol. The van der Waals surface area contributed by atoms with Gasteiger partial charge in [0, 0.05) is 32.2 Å². The number of rotatable bonds is 6. The summed E-state index contributed by atoms with van der Waals surface area (Å²) in [5.41, 5.74) is 1.07. The van der Waals surface area contributed by atoms with Crippen LogP contribution in [-0.4, -0.2) is 60.4 Å². The molecule has 1 aromatic carbocycles. The second-order valence-electron chi connectivity index (χ2n) is 5.66. The molecule has 3 rings (SSSR count). The standard InChI is InChI=1S/C16H21N3O2/c1-2-7-18(12-10-17-11-12)8-9-19-15(20)13-5-3-4-6-14(13)16(19)21/h3-6,12,17H,2,7-11H2,1H3. The molecule has 21 heavy (non-hydrogen) atoms. The normalized spacial score (nSPS) is 18.3. The van der Waals surface area contributed by atoms with Crippen molar-refractivity contribution in [3.63, 3.8) is 0 Å². The van der Waals surface area contributed by atoms with Crippen LogP contribution in [0.5, 0.6) is 0 Å². The first-order valence-corrected chi connectivity index (χ1v) is 7.62. The van der Waals surface area contributed by atoms with Crippen molar-refractivity contribution in [2.75, 3.05) is 32.7 Å². The number of hydrogen-bond donors (Lipinski definition) is 1. The molecule has 2 amide bonds. The van der Waals surface area contributed by atoms with Crippen LogP contribution in [0.3, 0.4) is 0 Å². The Bertz CT molecular complexity index is 519. The van der Waals surface area contributed by atoms with Gasteiger partial charge in [0.1, 0.15) is 0 Å². The molecule has 1 fully saturated rings. The van der Waals surface area contributed by atoms with Gasteiger partial charge in [0.05, 0.1) is 11.1 Å². The zero-order valence-corrected chi connectivity index (χ0v) is 12.3. The van der Waals surface area contributed by atoms with Crippen LogP contribution in [0.15, 0.2) is 24.3 Å². The molecular formula is C16H21N3O2. The van der Waals surface area contributed by atoms with E-state index in [-0.39, 0.29) is 11.8 Å². The van der Waals surface area contributed by atoms with E-state index in [0.717, 1.165) is 32.6 Å². The molecule has 2 heterocycles. The van der Waals surface area contributed by atoms with Crippen molar-refractivity contribution in [3.05, 3.63) is 35.4 Å². The van der Waals surface area contributed by atoms with E-state index in [1.807, 2.05) is 0 Å². The summed E-state index contributed by atoms with van der Waals surface area (Å²) in [6.45, 7) is 6.40. The van der Waals surface area contributed by atoms with Crippen molar-refractivity contribution in [1.29, 1.82) is 0 Å². The largest absolute Gasteiger partial charge is 0.314 e. The van der Waals surface area contributed by atoms with Crippen molar-refractivity contribution >= 4 is 11.8 Å². The Morgan fingerprint density at radius 1 is 1.14 bits per heavy atom. The number of hydrogen-bond acceptors (Lipinski definition) is 4. The van der Waals surface area contributed by atoms with E-state index < -0.39 is 0 Å². The van der Waals surface area contributed by atoms with Crippen molar-refractivity contribution in [2.24, 2.45) is 0 Å². The van der Waals surface area contributed by atoms with Gasteiger partial charge in [0.2, 0.25) is 0 Å². The molecule has 0 bridgehead atoms. The number of nitrogens with one attached hydrogen (secondary N) is 1. The maximum Gasteiger partial charge on any atom is 0.261 e. The lowest BCUT2D eigenvalue weighted by atomic mass is 10.1. The molecule has 0 saturated carbocycles. The van der Waals surface area contributed by atoms with Crippen LogP contribution in [-0.2, 0) is 0 Å². The average molecular weight is 287 g/mol. The third kappa shape index (κ3) is 2.59. The van der Waals surface area contributed by atoms with Gasteiger partial charge in [-0.05, 0) is 25.1 Å². The van der Waals surface area contributed by atoms with Gasteiger partial charge >= 0.3 is 0 Å². The van der Waals surface area contributed by atoms with Gasteiger partial charge in [0.25, 0.3) is 11.8 Å². The summed E-state index contributed by atoms with van der Waals surface area (Å²) in [6.07, 6.45) is 1.08. The fourth-order valence-corrected chi connectivity index (χ4v) is 2.97. The van der Waals surface area contributed by atoms with E-state index in [9.17, 15) is 9.59 Å². The van der Waals surface area contributed by atoms with Gasteiger partial charge in [-0.15, -0.1) is 0 Å². The van der Waals surface area contributed by atoms with Crippen molar-refractivity contribution in [2.45, 2.75) is 19.4 Å². The topological polar surface area (TPSA) is 52.7 Å². The third-order valence-corrected chi connectivity index (χ3v) is 4.28. The Morgan fingerprint density at radius 3 is 2.24 bits per heavy atom. The van der Waals surface area contributed by atoms with Crippen molar-refractivity contribution in [3.8, 4) is 0 Å². The van der Waals surface area contributed by atoms with Gasteiger partial charge in [0.15, 0.2) is 0 Å². The summed E-state index contributed by atoms with van der Waals surface area (Å²) in [7, 11) is 0. The summed E-state index contributed by atoms with van der Waals surface area (Å²) < 4.78 is 0. The lowest BCUT2D eigenvalue weighted by Crippen LogP contribution is -2.58. The SMILES string of the molecule is CCCN(CCN1C(=O)c2ccccc2C1=O)C1CNC1. The molecule has 0 spiro atoms. The third-order valence-electron chi connectivity index (χ3n) is 4.28. The highest BCUT2D eigenvalue weighted by Crippen LogP contribution is 2.22. The van der Waals surface area contributed by atoms with E-state index in [2.05, 4.69) is 17.1 Å². The van der Waals surface area contributed by atoms with Crippen LogP contribution in [0.2, 0.25) is 0 Å². The maximum absolute atomic E-state index is 12.3. The molecule has 112 valence electrons. The van der Waals surface area contributed by atoms with E-state index >= 15 is 0 Å². The average Bonchev–Trinajstić information content (AvgIpc) is 2.68. The highest BCUT2D eigenvalue weighted by Gasteiger charge is 2.35. The second-order valence-corrected chi connectivity index (χ2v) is 5.66. The van der Waals surface area contributed by atoms with Crippen LogP contribution in [0.4, 0.5) is 0 Å². The lowest BCUT2D eigenvalue weighted by molar-refractivity contribution is 0.0609. The van der Waals surface area contributed by atoms with E-state index in [1.54, 1.807) is 24.3 Å². The summed E-state index contributed by atoms with van der Waals surface area (Å²) >= 11 is 0. The van der Waals surface area contributed by atoms with E-state index in [4.69, 9.17) is 0 Å². The number of benzene rings is 1. The van der Waals surface area contributed by atoms with Crippen LogP contribution in [0.1, 0.15) is 34.1 Å². The second kappa shape index (κ2) is 5.95. The van der Waals surface area contributed by atoms with Crippen molar-refractivity contribution < 1.29 is 9.59 Å². The number of imide groups is 1. The highest BCUT2D eigenvalue weighted by molar-refractivity contribution is 6.21. The molecule has 0 atom stereocenters. The Labute approximate surface area is 124 Å². The van der Waals surface area contributed by atoms with Crippen LogP contribution < -0.4 is 5.32 Å². The number of amides is 2. The van der Waals surface area contributed by atoms with Gasteiger partial charge in [-0.3, -0.25) is 19.4 Å². The van der Waals surface area contributed by atoms with Crippen LogP contribution >= 0.6 is 0 Å². The first-order valence-electron chi connectivity index (χ1n) is 7.62. The molecule has 2 aliphatic rings. The number of carbonyl (C=O) groups excluding carboxylic acids is 2. The Balaban J connectivity index is 1.65. The Hall–Kier alpha value is -1.72. The predicted octanol–water partition coefficient (Wildman–Crippen LogP) is 0.966. The molecule has 1 N–H and O–H groups in total. The van der Waals surface area contributed by atoms with Gasteiger partial charge in [-0.25, -0.2) is 0 Å². The molecule has 5 nitrogen and oxygen atoms in total. The first kappa shape index (κ1) is 14.2. The van der Waals surface area contributed by atoms with E-state index in [0.29, 0.717) is 23.7 Å². The predicted molar refractivity (Wildman–Crippen MR) is 80.3 cm³/mol. The smallest absolute Gasteiger partial charge is 0.261 e. The molecule has 0 unspecified atom stereocenters. The minimum Gasteiger partial charge on any atom is -0.314 e. The molecule has 2 aliphatic heterocycles. The van der Waals surface area contributed by atoms with Crippen LogP contribution in [0, 0.1) is 0 Å². The quantitative estimate of drug-likeness (QED) is 0.792. The molecule has 1 aromatic rings. The zero-order chi connectivity index (χ0) is 14.8. The summed E-state index contributed by atoms with van der Waals surface area (Å²) in [5, 5.41) is 3.27. The highest BCUT2D eigenvalue weighted by atomic mass is 16.2. The Morgan fingerprint density at radius 2 is 1.76 bits per heavy atom. The monoisotopic (exact) mass is 287 g/mol. The minimum absolute atomic E-state index is 0.154. The van der Waals surface area contributed by atoms with Gasteiger partial charge in [-0.2, -0.15) is 0 Å². The number of nitrogens with zero attached hydrogens (tertiary/aromatic N) is 2. The fourth-order valence-electron chi connectivity index (χ4n) is 2.97. The molecule has 1 saturated heterocycles. The summed E-state index contributed by atoms with van der Waals surface area (Å²) in [4.78, 5) is 28.4. The molecule has 0 aliphatic carbocycles. The number of fused-ring (bicyclic) bond motifs is 1. The van der Waals surface area contributed by atoms with Gasteiger partial charge in [-0.1, -0.05) is 19.1 Å². The first-order chi connectivity index (χ1) is 10.2. The van der Waals surface area contributed by atoms with Gasteiger partial charge < -0.3 is 5.32 Å². The molecule has 5 heteroatoms. The summed E-state index contributed by atoms with van der Waals surface area (Å²) in [5.74, 6) is -0.308. The lowest BCUT2D eigenvalue weighted by Gasteiger charge is -2.38. The minimum atomic E-state index is -0.154. The molecule has 0 aromatic heterocycles. The number of carbonyl (C=O) groups is 2. The fraction of sp³-hybridized carbons (Fsp3) is 0.500. The molecule has 0 radical (unpaired) electrons. The van der Waals surface area contributed by atoms with E-state index in [1.165, 1.54) is 4.90 Å². The maximum atomic E-state index is 12.3. The Kier molecular flexibility index (Phi) is 4.03. The zero-order valence-electron chi connectivity index (χ0n) is 12.3. The van der Waals surface area contributed by atoms with Crippen molar-refractivity contribution in [1.82, 2.24) is 15.1 Å². The summed E-state index contributed by atoms with van der Waals surface area (Å²) in [6, 6.07) is 7.61.